The molecule has 1 heterocycles. The van der Waals surface area contributed by atoms with Gasteiger partial charge in [0.25, 0.3) is 5.91 Å². The number of likely N-dealkylation sites (tertiary alicyclic amines) is 1. The van der Waals surface area contributed by atoms with Crippen molar-refractivity contribution in [2.75, 3.05) is 27.2 Å². The molecule has 1 aromatic carbocycles. The third kappa shape index (κ3) is 3.43. The molecule has 12 heteroatoms. The molecule has 1 amide bonds. The Hall–Kier alpha value is -3.35. The molecule has 38 heavy (non-hydrogen) atoms. The third-order valence-corrected chi connectivity index (χ3v) is 8.44. The fourth-order valence-electron chi connectivity index (χ4n) is 6.67. The third-order valence-electron chi connectivity index (χ3n) is 8.44. The second kappa shape index (κ2) is 8.85. The minimum absolute atomic E-state index is 0.0758. The van der Waals surface area contributed by atoms with Crippen LogP contribution in [-0.4, -0.2) is 86.5 Å². The normalized spacial score (nSPS) is 29.6. The number of phenolic OH excluding ortho intramolecular Hbond substituents is 1. The number of amides is 1. The van der Waals surface area contributed by atoms with Crippen LogP contribution in [0.15, 0.2) is 16.9 Å². The zero-order valence-corrected chi connectivity index (χ0v) is 20.9. The number of hydrogen-bond donors (Lipinski definition) is 5. The number of likely N-dealkylation sites (N-methyl/N-ethyl adjacent to an activating group) is 1. The molecule has 4 atom stereocenters. The number of phenols is 1. The number of carbonyl (C=O) groups excluding carboxylic acids is 3. The maximum absolute atomic E-state index is 15.7. The monoisotopic (exact) mass is 533 g/mol. The maximum Gasteiger partial charge on any atom is 0.255 e. The highest BCUT2D eigenvalue weighted by Gasteiger charge is 2.64. The Morgan fingerprint density at radius 1 is 1.13 bits per heavy atom. The predicted octanol–water partition coefficient (Wildman–Crippen LogP) is 0.838. The Labute approximate surface area is 216 Å². The Morgan fingerprint density at radius 3 is 2.34 bits per heavy atom. The molecule has 204 valence electrons. The number of nitrogens with zero attached hydrogens (tertiary/aromatic N) is 2. The quantitative estimate of drug-likeness (QED) is 0.353. The second-order valence-electron chi connectivity index (χ2n) is 10.8. The summed E-state index contributed by atoms with van der Waals surface area (Å²) < 4.78 is 30.9. The number of aliphatic hydroxyl groups excluding tert-OH is 2. The van der Waals surface area contributed by atoms with Gasteiger partial charge in [0.05, 0.1) is 11.6 Å². The Kier molecular flexibility index (Phi) is 6.12. The van der Waals surface area contributed by atoms with Crippen molar-refractivity contribution >= 4 is 23.2 Å². The summed E-state index contributed by atoms with van der Waals surface area (Å²) >= 11 is 0. The van der Waals surface area contributed by atoms with Crippen LogP contribution in [0.5, 0.6) is 5.75 Å². The van der Waals surface area contributed by atoms with Crippen molar-refractivity contribution in [3.05, 3.63) is 45.2 Å². The van der Waals surface area contributed by atoms with E-state index in [1.165, 1.54) is 19.0 Å². The van der Waals surface area contributed by atoms with Gasteiger partial charge >= 0.3 is 0 Å². The van der Waals surface area contributed by atoms with Gasteiger partial charge in [0.2, 0.25) is 5.78 Å². The topological polar surface area (TPSA) is 165 Å². The van der Waals surface area contributed by atoms with E-state index in [-0.39, 0.29) is 30.5 Å². The van der Waals surface area contributed by atoms with Crippen molar-refractivity contribution in [2.45, 2.75) is 43.9 Å². The first-order valence-electron chi connectivity index (χ1n) is 12.4. The summed E-state index contributed by atoms with van der Waals surface area (Å²) in [5.41, 5.74) is -0.0363. The number of hydrogen-bond acceptors (Lipinski definition) is 9. The van der Waals surface area contributed by atoms with E-state index in [1.54, 1.807) is 0 Å². The number of aromatic hydroxyl groups is 1. The van der Waals surface area contributed by atoms with Crippen molar-refractivity contribution in [3.8, 4) is 5.75 Å². The lowest BCUT2D eigenvalue weighted by molar-refractivity contribution is -0.153. The number of halogens is 2. The van der Waals surface area contributed by atoms with Crippen molar-refractivity contribution in [2.24, 2.45) is 17.6 Å². The smallest absolute Gasteiger partial charge is 0.255 e. The number of benzene rings is 1. The fourth-order valence-corrected chi connectivity index (χ4v) is 6.67. The average molecular weight is 534 g/mol. The van der Waals surface area contributed by atoms with Crippen molar-refractivity contribution in [3.63, 3.8) is 0 Å². The van der Waals surface area contributed by atoms with Gasteiger partial charge in [0, 0.05) is 29.2 Å². The first-order chi connectivity index (χ1) is 17.8. The molecule has 0 unspecified atom stereocenters. The molecule has 3 aliphatic carbocycles. The Morgan fingerprint density at radius 2 is 1.76 bits per heavy atom. The molecule has 6 N–H and O–H groups in total. The highest BCUT2D eigenvalue weighted by atomic mass is 19.1. The second-order valence-corrected chi connectivity index (χ2v) is 10.8. The first-order valence-corrected chi connectivity index (χ1v) is 12.4. The number of primary amides is 1. The fraction of sp³-hybridized carbons (Fsp3) is 0.500. The minimum atomic E-state index is -2.81. The highest BCUT2D eigenvalue weighted by Crippen LogP contribution is 2.53. The molecule has 1 aliphatic heterocycles. The van der Waals surface area contributed by atoms with E-state index in [0.29, 0.717) is 13.1 Å². The number of Topliss-reactive ketones (excluding diaryl/α,β-unsaturated/α-hetero) is 2. The molecule has 1 saturated carbocycles. The van der Waals surface area contributed by atoms with Gasteiger partial charge in [-0.15, -0.1) is 0 Å². The summed E-state index contributed by atoms with van der Waals surface area (Å²) in [5, 5.41) is 44.2. The lowest BCUT2D eigenvalue weighted by Gasteiger charge is -2.50. The van der Waals surface area contributed by atoms with Crippen LogP contribution < -0.4 is 5.73 Å². The predicted molar refractivity (Wildman–Crippen MR) is 129 cm³/mol. The van der Waals surface area contributed by atoms with Crippen LogP contribution in [-0.2, 0) is 27.3 Å². The molecule has 0 spiro atoms. The van der Waals surface area contributed by atoms with Crippen LogP contribution in [0.1, 0.15) is 36.0 Å². The number of aliphatic hydroxyl groups is 3. The largest absolute Gasteiger partial charge is 0.508 e. The number of fused-ring (bicyclic) bond motifs is 3. The van der Waals surface area contributed by atoms with Crippen LogP contribution in [0.25, 0.3) is 5.76 Å². The van der Waals surface area contributed by atoms with Gasteiger partial charge in [-0.05, 0) is 58.8 Å². The lowest BCUT2D eigenvalue weighted by atomic mass is 9.57. The van der Waals surface area contributed by atoms with Crippen molar-refractivity contribution < 1.29 is 43.6 Å². The number of rotatable bonds is 4. The molecular weight excluding hydrogens is 504 g/mol. The van der Waals surface area contributed by atoms with Gasteiger partial charge in [0.1, 0.15) is 22.9 Å². The van der Waals surface area contributed by atoms with Crippen molar-refractivity contribution in [1.82, 2.24) is 9.80 Å². The van der Waals surface area contributed by atoms with Gasteiger partial charge in [-0.3, -0.25) is 24.2 Å². The van der Waals surface area contributed by atoms with E-state index in [9.17, 15) is 34.8 Å². The average Bonchev–Trinajstić information content (AvgIpc) is 3.35. The van der Waals surface area contributed by atoms with E-state index in [0.717, 1.165) is 12.8 Å². The zero-order valence-electron chi connectivity index (χ0n) is 20.9. The molecular formula is C26H29F2N3O7. The van der Waals surface area contributed by atoms with Crippen LogP contribution in [0.2, 0.25) is 0 Å². The summed E-state index contributed by atoms with van der Waals surface area (Å²) in [6, 6.07) is -1.25. The van der Waals surface area contributed by atoms with Gasteiger partial charge in [0.15, 0.2) is 23.0 Å². The van der Waals surface area contributed by atoms with Crippen LogP contribution in [0.4, 0.5) is 8.78 Å². The summed E-state index contributed by atoms with van der Waals surface area (Å²) in [6.07, 6.45) is 1.35. The molecule has 1 aromatic rings. The van der Waals surface area contributed by atoms with E-state index in [2.05, 4.69) is 0 Å². The van der Waals surface area contributed by atoms with Gasteiger partial charge in [-0.1, -0.05) is 0 Å². The Bertz CT molecular complexity index is 1350. The zero-order chi connectivity index (χ0) is 27.8. The maximum atomic E-state index is 15.7. The molecule has 5 rings (SSSR count). The van der Waals surface area contributed by atoms with E-state index >= 15 is 8.78 Å². The first kappa shape index (κ1) is 26.3. The van der Waals surface area contributed by atoms with Gasteiger partial charge < -0.3 is 26.2 Å². The summed E-state index contributed by atoms with van der Waals surface area (Å²) in [4.78, 5) is 42.1. The van der Waals surface area contributed by atoms with E-state index in [1.807, 2.05) is 4.90 Å². The number of carbonyl (C=O) groups is 3. The SMILES string of the molecule is CN(C)[C@@H]1C(=O)C(C(N)=O)=C(O)[C@@]2(O)C(=O)C3=C(O)c4c(O)c(F)c(CN5CCCC5)c(F)c4C[C@H]3C[C@@H]12. The molecule has 0 radical (unpaired) electrons. The molecule has 0 aromatic heterocycles. The lowest BCUT2D eigenvalue weighted by Crippen LogP contribution is -2.65. The summed E-state index contributed by atoms with van der Waals surface area (Å²) in [5.74, 6) is -11.0. The van der Waals surface area contributed by atoms with Crippen LogP contribution in [0.3, 0.4) is 0 Å². The summed E-state index contributed by atoms with van der Waals surface area (Å²) in [6.45, 7) is 1.22. The molecule has 0 bridgehead atoms. The van der Waals surface area contributed by atoms with Crippen LogP contribution in [0, 0.1) is 23.5 Å². The van der Waals surface area contributed by atoms with E-state index < -0.39 is 86.6 Å². The molecule has 4 aliphatic rings. The van der Waals surface area contributed by atoms with E-state index in [4.69, 9.17) is 5.73 Å². The Balaban J connectivity index is 1.69. The van der Waals surface area contributed by atoms with Gasteiger partial charge in [-0.25, -0.2) is 8.78 Å². The standard InChI is InChI=1S/C26H29F2N3O7/c1-30(2)19-13-8-10-7-11-15(21(33)18(28)12(17(11)27)9-31-5-3-4-6-31)20(32)14(10)23(35)26(13,38)24(36)16(22(19)34)25(29)37/h10,13,19,32-33,36,38H,3-9H2,1-2H3,(H2,29,37)/t10-,13-,19-,26-/m0/s1. The molecule has 2 fully saturated rings. The minimum Gasteiger partial charge on any atom is -0.508 e. The highest BCUT2D eigenvalue weighted by molar-refractivity contribution is 6.24. The van der Waals surface area contributed by atoms with Crippen molar-refractivity contribution in [1.29, 1.82) is 0 Å². The summed E-state index contributed by atoms with van der Waals surface area (Å²) in [7, 11) is 2.97. The number of nitrogens with two attached hydrogens (primary N) is 1. The molecule has 10 nitrogen and oxygen atoms in total. The number of ketones is 2. The van der Waals surface area contributed by atoms with Gasteiger partial charge in [-0.2, -0.15) is 0 Å². The van der Waals surface area contributed by atoms with Crippen LogP contribution >= 0.6 is 0 Å². The molecule has 1 saturated heterocycles.